The minimum Gasteiger partial charge on any atom is -0.493 e. The van der Waals surface area contributed by atoms with Crippen molar-refractivity contribution in [2.45, 2.75) is 39.5 Å². The number of aryl methyl sites for hydroxylation is 2. The van der Waals surface area contributed by atoms with Crippen LogP contribution in [-0.2, 0) is 9.59 Å². The molecule has 0 aliphatic rings. The van der Waals surface area contributed by atoms with Crippen LogP contribution in [0.5, 0.6) is 11.5 Å². The van der Waals surface area contributed by atoms with Crippen LogP contribution in [0.3, 0.4) is 0 Å². The summed E-state index contributed by atoms with van der Waals surface area (Å²) in [7, 11) is 0. The number of ketones is 2. The predicted octanol–water partition coefficient (Wildman–Crippen LogP) is 8.25. The monoisotopic (exact) mass is 664 g/mol. The molecule has 0 atom stereocenters. The topological polar surface area (TPSA) is 127 Å². The zero-order valence-electron chi connectivity index (χ0n) is 25.4. The van der Waals surface area contributed by atoms with E-state index < -0.39 is 11.9 Å². The summed E-state index contributed by atoms with van der Waals surface area (Å²) in [6, 6.07) is 24.3. The number of carboxylic acids is 2. The van der Waals surface area contributed by atoms with Gasteiger partial charge < -0.3 is 19.7 Å². The van der Waals surface area contributed by atoms with E-state index >= 15 is 0 Å². The van der Waals surface area contributed by atoms with E-state index in [2.05, 4.69) is 0 Å². The quantitative estimate of drug-likeness (QED) is 0.102. The highest BCUT2D eigenvalue weighted by Gasteiger charge is 2.18. The van der Waals surface area contributed by atoms with Crippen LogP contribution in [0.4, 0.5) is 0 Å². The van der Waals surface area contributed by atoms with Gasteiger partial charge >= 0.3 is 11.9 Å². The van der Waals surface area contributed by atoms with E-state index in [1.807, 2.05) is 26.0 Å². The van der Waals surface area contributed by atoms with Gasteiger partial charge in [0.15, 0.2) is 11.6 Å². The molecule has 0 saturated carbocycles. The largest absolute Gasteiger partial charge is 0.493 e. The standard InChI is InChI=1S/2C18H17ClO4/c1-12-8-9-16(23-10-4-7-17(20)21)14(11-12)18(22)13-5-2-3-6-15(13)19;1-12-10-16(23-9-5-8-17(20)21)14(11-15(12)19)18(22)13-6-3-2-4-7-13/h2-3,5-6,8-9,11H,4,7,10H2,1H3,(H,20,21);2-4,6-7,10-11H,5,8-9H2,1H3,(H,20,21). The molecule has 240 valence electrons. The molecule has 0 spiro atoms. The molecule has 0 bridgehead atoms. The molecule has 0 aromatic heterocycles. The molecule has 0 unspecified atom stereocenters. The molecule has 10 heteroatoms. The number of halogens is 2. The third-order valence-corrected chi connectivity index (χ3v) is 7.36. The van der Waals surface area contributed by atoms with E-state index in [-0.39, 0.29) is 37.6 Å². The van der Waals surface area contributed by atoms with Crippen LogP contribution in [0, 0.1) is 13.8 Å². The summed E-state index contributed by atoms with van der Waals surface area (Å²) in [6.45, 7) is 4.17. The summed E-state index contributed by atoms with van der Waals surface area (Å²) in [5.41, 5.74) is 3.48. The van der Waals surface area contributed by atoms with Crippen molar-refractivity contribution in [2.75, 3.05) is 13.2 Å². The highest BCUT2D eigenvalue weighted by molar-refractivity contribution is 6.35. The Morgan fingerprint density at radius 2 is 1.17 bits per heavy atom. The van der Waals surface area contributed by atoms with Gasteiger partial charge in [-0.15, -0.1) is 0 Å². The van der Waals surface area contributed by atoms with Crippen LogP contribution < -0.4 is 9.47 Å². The Morgan fingerprint density at radius 3 is 1.78 bits per heavy atom. The molecule has 4 rings (SSSR count). The number of carboxylic acid groups (broad SMARTS) is 2. The number of hydrogen-bond donors (Lipinski definition) is 2. The van der Waals surface area contributed by atoms with Gasteiger partial charge in [-0.25, -0.2) is 0 Å². The number of carbonyl (C=O) groups is 4. The van der Waals surface area contributed by atoms with Gasteiger partial charge in [-0.1, -0.05) is 77.3 Å². The minimum atomic E-state index is -0.874. The van der Waals surface area contributed by atoms with Gasteiger partial charge in [0, 0.05) is 29.0 Å². The van der Waals surface area contributed by atoms with Crippen LogP contribution in [0.2, 0.25) is 10.0 Å². The average Bonchev–Trinajstić information content (AvgIpc) is 3.03. The van der Waals surface area contributed by atoms with Crippen LogP contribution in [0.15, 0.2) is 84.9 Å². The van der Waals surface area contributed by atoms with Gasteiger partial charge in [0.1, 0.15) is 11.5 Å². The molecule has 0 fully saturated rings. The molecule has 0 aliphatic carbocycles. The second-order valence-electron chi connectivity index (χ2n) is 10.3. The second kappa shape index (κ2) is 17.7. The third-order valence-electron chi connectivity index (χ3n) is 6.62. The fraction of sp³-hybridized carbons (Fsp3) is 0.222. The van der Waals surface area contributed by atoms with Crippen molar-refractivity contribution in [3.63, 3.8) is 0 Å². The molecule has 2 N–H and O–H groups in total. The molecule has 0 aliphatic heterocycles. The van der Waals surface area contributed by atoms with E-state index in [1.54, 1.807) is 72.8 Å². The second-order valence-corrected chi connectivity index (χ2v) is 11.1. The zero-order chi connectivity index (χ0) is 33.6. The number of benzene rings is 4. The summed E-state index contributed by atoms with van der Waals surface area (Å²) < 4.78 is 11.2. The van der Waals surface area contributed by atoms with E-state index in [1.165, 1.54) is 0 Å². The predicted molar refractivity (Wildman–Crippen MR) is 177 cm³/mol. The smallest absolute Gasteiger partial charge is 0.303 e. The minimum absolute atomic E-state index is 0.0224. The third kappa shape index (κ3) is 10.8. The molecule has 0 amide bonds. The van der Waals surface area contributed by atoms with Gasteiger partial charge in [-0.2, -0.15) is 0 Å². The van der Waals surface area contributed by atoms with Gasteiger partial charge in [0.25, 0.3) is 0 Å². The zero-order valence-corrected chi connectivity index (χ0v) is 26.9. The summed E-state index contributed by atoms with van der Waals surface area (Å²) in [6.07, 6.45) is 0.799. The number of hydrogen-bond acceptors (Lipinski definition) is 6. The lowest BCUT2D eigenvalue weighted by Gasteiger charge is -2.13. The molecule has 0 heterocycles. The number of ether oxygens (including phenoxy) is 2. The van der Waals surface area contributed by atoms with E-state index in [0.717, 1.165) is 11.1 Å². The molecule has 4 aromatic carbocycles. The normalized spacial score (nSPS) is 10.3. The Labute approximate surface area is 277 Å². The van der Waals surface area contributed by atoms with Gasteiger partial charge in [0.05, 0.1) is 29.4 Å². The lowest BCUT2D eigenvalue weighted by molar-refractivity contribution is -0.138. The maximum absolute atomic E-state index is 12.7. The Bertz CT molecular complexity index is 1690. The van der Waals surface area contributed by atoms with Crippen molar-refractivity contribution in [3.05, 3.63) is 128 Å². The summed E-state index contributed by atoms with van der Waals surface area (Å²) in [5.74, 6) is -1.28. The first-order valence-corrected chi connectivity index (χ1v) is 15.2. The average molecular weight is 666 g/mol. The fourth-order valence-electron chi connectivity index (χ4n) is 4.25. The molecular weight excluding hydrogens is 631 g/mol. The van der Waals surface area contributed by atoms with Crippen molar-refractivity contribution in [1.29, 1.82) is 0 Å². The fourth-order valence-corrected chi connectivity index (χ4v) is 4.63. The molecular formula is C36H34Cl2O8. The Morgan fingerprint density at radius 1 is 0.609 bits per heavy atom. The summed E-state index contributed by atoms with van der Waals surface area (Å²) in [5, 5.41) is 18.2. The first-order valence-electron chi connectivity index (χ1n) is 14.5. The maximum atomic E-state index is 12.7. The SMILES string of the molecule is Cc1cc(OCCCC(=O)O)c(C(=O)c2ccccc2)cc1Cl.Cc1ccc(OCCCC(=O)O)c(C(=O)c2ccccc2Cl)c1. The number of rotatable bonds is 14. The highest BCUT2D eigenvalue weighted by Crippen LogP contribution is 2.29. The van der Waals surface area contributed by atoms with E-state index in [4.69, 9.17) is 42.9 Å². The Kier molecular flexibility index (Phi) is 13.8. The molecule has 0 radical (unpaired) electrons. The van der Waals surface area contributed by atoms with Crippen molar-refractivity contribution in [1.82, 2.24) is 0 Å². The van der Waals surface area contributed by atoms with Crippen molar-refractivity contribution < 1.29 is 38.9 Å². The van der Waals surface area contributed by atoms with Crippen LogP contribution in [0.25, 0.3) is 0 Å². The molecule has 8 nitrogen and oxygen atoms in total. The van der Waals surface area contributed by atoms with Crippen LogP contribution in [0.1, 0.15) is 68.7 Å². The lowest BCUT2D eigenvalue weighted by Crippen LogP contribution is -2.08. The highest BCUT2D eigenvalue weighted by atomic mass is 35.5. The van der Waals surface area contributed by atoms with Crippen molar-refractivity contribution in [3.8, 4) is 11.5 Å². The van der Waals surface area contributed by atoms with Crippen molar-refractivity contribution in [2.24, 2.45) is 0 Å². The Hall–Kier alpha value is -4.66. The van der Waals surface area contributed by atoms with Gasteiger partial charge in [-0.05, 0) is 68.7 Å². The first-order chi connectivity index (χ1) is 22.0. The summed E-state index contributed by atoms with van der Waals surface area (Å²) >= 11 is 12.2. The van der Waals surface area contributed by atoms with Crippen molar-refractivity contribution >= 4 is 46.7 Å². The molecule has 46 heavy (non-hydrogen) atoms. The molecule has 0 saturated heterocycles. The number of aliphatic carboxylic acids is 2. The first kappa shape index (κ1) is 35.8. The van der Waals surface area contributed by atoms with E-state index in [9.17, 15) is 19.2 Å². The molecule has 4 aromatic rings. The number of carbonyl (C=O) groups excluding carboxylic acids is 2. The van der Waals surface area contributed by atoms with Gasteiger partial charge in [0.2, 0.25) is 0 Å². The van der Waals surface area contributed by atoms with Crippen LogP contribution >= 0.6 is 23.2 Å². The lowest BCUT2D eigenvalue weighted by atomic mass is 10.0. The summed E-state index contributed by atoms with van der Waals surface area (Å²) in [4.78, 5) is 46.4. The van der Waals surface area contributed by atoms with Crippen LogP contribution in [-0.4, -0.2) is 46.9 Å². The van der Waals surface area contributed by atoms with Gasteiger partial charge in [-0.3, -0.25) is 19.2 Å². The Balaban J connectivity index is 0.000000250. The maximum Gasteiger partial charge on any atom is 0.303 e. The van der Waals surface area contributed by atoms with E-state index in [0.29, 0.717) is 56.6 Å².